The second kappa shape index (κ2) is 11.4. The van der Waals surface area contributed by atoms with Crippen LogP contribution >= 0.6 is 0 Å². The highest BCUT2D eigenvalue weighted by Crippen LogP contribution is 2.45. The first-order chi connectivity index (χ1) is 18.7. The first-order valence-electron chi connectivity index (χ1n) is 13.1. The number of unbranched alkanes of at least 4 members (excludes halogenated alkanes) is 2. The van der Waals surface area contributed by atoms with Gasteiger partial charge in [-0.05, 0) is 50.8 Å². The molecule has 0 heterocycles. The molecule has 2 atom stereocenters. The van der Waals surface area contributed by atoms with E-state index in [9.17, 15) is 31.8 Å². The van der Waals surface area contributed by atoms with Crippen molar-refractivity contribution < 1.29 is 36.9 Å². The molecule has 0 spiro atoms. The lowest BCUT2D eigenvalue weighted by molar-refractivity contribution is -0.138. The van der Waals surface area contributed by atoms with E-state index in [1.807, 2.05) is 6.92 Å². The lowest BCUT2D eigenvalue weighted by atomic mass is 9.93. The van der Waals surface area contributed by atoms with E-state index in [1.54, 1.807) is 18.2 Å². The van der Waals surface area contributed by atoms with Gasteiger partial charge in [-0.25, -0.2) is 16.8 Å². The number of rotatable bonds is 13. The van der Waals surface area contributed by atoms with Crippen LogP contribution in [0.3, 0.4) is 0 Å². The van der Waals surface area contributed by atoms with Crippen LogP contribution in [0.1, 0.15) is 45.4 Å². The monoisotopic (exact) mass is 590 g/mol. The Morgan fingerprint density at radius 2 is 1.15 bits per heavy atom. The van der Waals surface area contributed by atoms with Gasteiger partial charge < -0.3 is 26.8 Å². The Balaban J connectivity index is 1.89. The number of carboxylic acid groups (broad SMARTS) is 1. The Kier molecular flexibility index (Phi) is 8.46. The van der Waals surface area contributed by atoms with Crippen molar-refractivity contribution in [2.75, 3.05) is 11.5 Å². The number of sulfone groups is 2. The Morgan fingerprint density at radius 3 is 1.60 bits per heavy atom. The Morgan fingerprint density at radius 1 is 0.725 bits per heavy atom. The van der Waals surface area contributed by atoms with Gasteiger partial charge >= 0.3 is 5.97 Å². The minimum atomic E-state index is -4.04. The van der Waals surface area contributed by atoms with E-state index in [0.717, 1.165) is 0 Å². The van der Waals surface area contributed by atoms with E-state index in [1.165, 1.54) is 18.2 Å². The van der Waals surface area contributed by atoms with Gasteiger partial charge in [-0.15, -0.1) is 0 Å². The highest BCUT2D eigenvalue weighted by molar-refractivity contribution is 7.92. The summed E-state index contributed by atoms with van der Waals surface area (Å²) >= 11 is 0. The van der Waals surface area contributed by atoms with Crippen LogP contribution in [0.5, 0.6) is 11.5 Å². The summed E-state index contributed by atoms with van der Waals surface area (Å²) < 4.78 is 54.6. The van der Waals surface area contributed by atoms with Crippen LogP contribution < -0.4 is 11.5 Å². The third-order valence-electron chi connectivity index (χ3n) is 7.27. The van der Waals surface area contributed by atoms with Gasteiger partial charge in [0.2, 0.25) is 0 Å². The molecule has 10 nitrogen and oxygen atoms in total. The van der Waals surface area contributed by atoms with Crippen LogP contribution in [0.25, 0.3) is 32.3 Å². The van der Waals surface area contributed by atoms with Crippen LogP contribution in [-0.4, -0.2) is 61.7 Å². The smallest absolute Gasteiger partial charge is 0.320 e. The van der Waals surface area contributed by atoms with E-state index in [-0.39, 0.29) is 63.5 Å². The van der Waals surface area contributed by atoms with Gasteiger partial charge in [0.1, 0.15) is 17.5 Å². The SMILES string of the molecule is CC(N)CCCCS(=O)(=O)c1cc(S(=O)(=O)CCCCC(N)C(=O)O)c2ccc3c(O)cc(O)c4ccc1c2c43. The topological polar surface area (TPSA) is 198 Å². The van der Waals surface area contributed by atoms with Gasteiger partial charge in [0.05, 0.1) is 21.3 Å². The van der Waals surface area contributed by atoms with E-state index >= 15 is 0 Å². The largest absolute Gasteiger partial charge is 0.507 e. The van der Waals surface area contributed by atoms with Crippen molar-refractivity contribution in [2.24, 2.45) is 11.5 Å². The number of hydrogen-bond donors (Lipinski definition) is 5. The summed E-state index contributed by atoms with van der Waals surface area (Å²) in [6.07, 6.45) is 2.07. The van der Waals surface area contributed by atoms with Crippen LogP contribution in [0.4, 0.5) is 0 Å². The lowest BCUT2D eigenvalue weighted by Crippen LogP contribution is -2.29. The zero-order chi connectivity index (χ0) is 29.4. The van der Waals surface area contributed by atoms with Gasteiger partial charge in [-0.3, -0.25) is 4.79 Å². The molecule has 4 rings (SSSR count). The molecule has 0 amide bonds. The van der Waals surface area contributed by atoms with E-state index in [0.29, 0.717) is 46.2 Å². The summed E-state index contributed by atoms with van der Waals surface area (Å²) in [4.78, 5) is 10.7. The molecule has 0 fully saturated rings. The van der Waals surface area contributed by atoms with Crippen molar-refractivity contribution in [1.82, 2.24) is 0 Å². The number of carboxylic acids is 1. The number of phenolic OH excluding ortho intramolecular Hbond substituents is 2. The standard InChI is InChI=1S/C28H34N2O8S2/c1-16(29)6-2-4-12-39(35,36)24-15-25(40(37,38)13-5-3-7-21(30)28(33)34)20-11-9-18-23(32)14-22(31)17-8-10-19(24)27(20)26(17)18/h8-11,14-16,21,31-32H,2-7,12-13,29-30H2,1H3,(H,33,34). The first kappa shape index (κ1) is 29.8. The summed E-state index contributed by atoms with van der Waals surface area (Å²) in [5.74, 6) is -2.15. The van der Waals surface area contributed by atoms with Crippen molar-refractivity contribution in [2.45, 2.75) is 67.3 Å². The zero-order valence-electron chi connectivity index (χ0n) is 22.1. The highest BCUT2D eigenvalue weighted by atomic mass is 32.2. The molecule has 0 aromatic heterocycles. The molecule has 0 aliphatic carbocycles. The van der Waals surface area contributed by atoms with Gasteiger partial charge in [0, 0.05) is 44.4 Å². The first-order valence-corrected chi connectivity index (χ1v) is 16.4. The molecule has 4 aromatic carbocycles. The van der Waals surface area contributed by atoms with Gasteiger partial charge in [0.15, 0.2) is 19.7 Å². The highest BCUT2D eigenvalue weighted by Gasteiger charge is 2.28. The summed E-state index contributed by atoms with van der Waals surface area (Å²) in [6, 6.07) is 7.43. The molecule has 0 radical (unpaired) electrons. The van der Waals surface area contributed by atoms with E-state index in [2.05, 4.69) is 0 Å². The van der Waals surface area contributed by atoms with Crippen molar-refractivity contribution in [3.63, 3.8) is 0 Å². The average Bonchev–Trinajstić information content (AvgIpc) is 2.88. The van der Waals surface area contributed by atoms with Crippen molar-refractivity contribution >= 4 is 58.0 Å². The number of aliphatic carboxylic acids is 1. The third kappa shape index (κ3) is 5.80. The molecule has 0 saturated heterocycles. The maximum Gasteiger partial charge on any atom is 0.320 e. The molecule has 12 heteroatoms. The Hall–Kier alpha value is -3.19. The lowest BCUT2D eigenvalue weighted by Gasteiger charge is -2.19. The minimum absolute atomic E-state index is 0.0700. The number of aromatic hydroxyl groups is 2. The van der Waals surface area contributed by atoms with Crippen LogP contribution in [0, 0.1) is 0 Å². The second-order valence-electron chi connectivity index (χ2n) is 10.4. The maximum atomic E-state index is 13.7. The Labute approximate surface area is 232 Å². The van der Waals surface area contributed by atoms with Crippen molar-refractivity contribution in [3.8, 4) is 11.5 Å². The number of nitrogens with two attached hydrogens (primary N) is 2. The molecule has 40 heavy (non-hydrogen) atoms. The third-order valence-corrected chi connectivity index (χ3v) is 10.9. The summed E-state index contributed by atoms with van der Waals surface area (Å²) in [5.41, 5.74) is 11.3. The van der Waals surface area contributed by atoms with E-state index < -0.39 is 31.7 Å². The van der Waals surface area contributed by atoms with Gasteiger partial charge in [0.25, 0.3) is 0 Å². The molecule has 0 aliphatic heterocycles. The van der Waals surface area contributed by atoms with Crippen LogP contribution in [0.2, 0.25) is 0 Å². The summed E-state index contributed by atoms with van der Waals surface area (Å²) in [5, 5.41) is 32.0. The van der Waals surface area contributed by atoms with Crippen LogP contribution in [0.15, 0.2) is 46.2 Å². The van der Waals surface area contributed by atoms with Crippen LogP contribution in [-0.2, 0) is 24.5 Å². The molecule has 216 valence electrons. The summed E-state index contributed by atoms with van der Waals surface area (Å²) in [7, 11) is -7.98. The number of benzene rings is 4. The minimum Gasteiger partial charge on any atom is -0.507 e. The zero-order valence-corrected chi connectivity index (χ0v) is 23.8. The Bertz CT molecular complexity index is 1760. The van der Waals surface area contributed by atoms with Gasteiger partial charge in [-0.2, -0.15) is 0 Å². The van der Waals surface area contributed by atoms with Crippen molar-refractivity contribution in [1.29, 1.82) is 0 Å². The number of hydrogen-bond acceptors (Lipinski definition) is 9. The fraction of sp³-hybridized carbons (Fsp3) is 0.393. The molecule has 7 N–H and O–H groups in total. The molecular formula is C28H34N2O8S2. The maximum absolute atomic E-state index is 13.7. The molecule has 0 aliphatic rings. The molecule has 0 saturated carbocycles. The fourth-order valence-corrected chi connectivity index (χ4v) is 8.45. The average molecular weight is 591 g/mol. The quantitative estimate of drug-likeness (QED) is 0.113. The molecule has 0 bridgehead atoms. The molecule has 2 unspecified atom stereocenters. The predicted octanol–water partition coefficient (Wildman–Crippen LogP) is 3.64. The molecule has 4 aromatic rings. The number of phenols is 2. The second-order valence-corrected chi connectivity index (χ2v) is 14.6. The predicted molar refractivity (Wildman–Crippen MR) is 155 cm³/mol. The normalized spacial score (nSPS) is 14.3. The number of carbonyl (C=O) groups is 1. The van der Waals surface area contributed by atoms with E-state index in [4.69, 9.17) is 16.6 Å². The summed E-state index contributed by atoms with van der Waals surface area (Å²) in [6.45, 7) is 1.84. The molecular weight excluding hydrogens is 556 g/mol. The van der Waals surface area contributed by atoms with Crippen molar-refractivity contribution in [3.05, 3.63) is 36.4 Å². The van der Waals surface area contributed by atoms with Gasteiger partial charge in [-0.1, -0.05) is 25.0 Å². The fourth-order valence-electron chi connectivity index (χ4n) is 5.17.